The predicted molar refractivity (Wildman–Crippen MR) is 60.4 cm³/mol. The zero-order valence-corrected chi connectivity index (χ0v) is 9.99. The number of nitrogens with one attached hydrogen (secondary N) is 1. The van der Waals surface area contributed by atoms with Gasteiger partial charge in [-0.3, -0.25) is 4.79 Å². The van der Waals surface area contributed by atoms with Crippen molar-refractivity contribution in [2.75, 3.05) is 30.0 Å². The Morgan fingerprint density at radius 1 is 1.46 bits per heavy atom. The Morgan fingerprint density at radius 3 is 2.85 bits per heavy atom. The van der Waals surface area contributed by atoms with E-state index in [0.717, 1.165) is 29.8 Å². The topological polar surface area (TPSA) is 49.3 Å². The highest BCUT2D eigenvalue weighted by Crippen LogP contribution is 2.00. The van der Waals surface area contributed by atoms with E-state index in [1.54, 1.807) is 11.8 Å². The van der Waals surface area contributed by atoms with Crippen LogP contribution in [0, 0.1) is 0 Å². The second-order valence-electron chi connectivity index (χ2n) is 2.48. The zero-order valence-electron chi connectivity index (χ0n) is 7.59. The molecule has 0 heterocycles. The zero-order chi connectivity index (χ0) is 9.94. The van der Waals surface area contributed by atoms with E-state index >= 15 is 0 Å². The predicted octanol–water partition coefficient (Wildman–Crippen LogP) is 1.00. The third-order valence-electron chi connectivity index (χ3n) is 1.34. The fourth-order valence-electron chi connectivity index (χ4n) is 0.706. The summed E-state index contributed by atoms with van der Waals surface area (Å²) in [6.07, 6.45) is 1.38. The highest BCUT2D eigenvalue weighted by molar-refractivity contribution is 9.09. The number of carbonyl (C=O) groups is 1. The van der Waals surface area contributed by atoms with Gasteiger partial charge in [-0.05, 0) is 12.2 Å². The maximum absolute atomic E-state index is 10.9. The third-order valence-corrected chi connectivity index (χ3v) is 2.80. The van der Waals surface area contributed by atoms with Crippen molar-refractivity contribution in [3.05, 3.63) is 0 Å². The Bertz CT molecular complexity index is 135. The second-order valence-corrected chi connectivity index (χ2v) is 4.50. The summed E-state index contributed by atoms with van der Waals surface area (Å²) in [5.41, 5.74) is 0. The number of amides is 1. The number of alkyl halides is 1. The minimum atomic E-state index is 0.0969. The van der Waals surface area contributed by atoms with E-state index in [2.05, 4.69) is 21.2 Å². The standard InChI is InChI=1S/C8H16BrNO2S/c9-3-2-8(12)10-4-7-13-6-1-5-11/h11H,1-7H2,(H,10,12). The van der Waals surface area contributed by atoms with Crippen LogP contribution in [0.5, 0.6) is 0 Å². The van der Waals surface area contributed by atoms with Gasteiger partial charge in [-0.2, -0.15) is 11.8 Å². The van der Waals surface area contributed by atoms with Gasteiger partial charge in [0.05, 0.1) is 0 Å². The minimum Gasteiger partial charge on any atom is -0.396 e. The number of aliphatic hydroxyl groups excluding tert-OH is 1. The molecule has 0 saturated carbocycles. The van der Waals surface area contributed by atoms with Crippen molar-refractivity contribution in [3.63, 3.8) is 0 Å². The Balaban J connectivity index is 3.02. The monoisotopic (exact) mass is 269 g/mol. The molecule has 0 aromatic rings. The Kier molecular flexibility index (Phi) is 10.5. The first-order chi connectivity index (χ1) is 6.31. The van der Waals surface area contributed by atoms with Crippen molar-refractivity contribution in [2.45, 2.75) is 12.8 Å². The molecule has 3 nitrogen and oxygen atoms in total. The molecule has 78 valence electrons. The van der Waals surface area contributed by atoms with Crippen LogP contribution in [0.25, 0.3) is 0 Å². The summed E-state index contributed by atoms with van der Waals surface area (Å²) in [4.78, 5) is 10.9. The molecule has 0 aromatic carbocycles. The lowest BCUT2D eigenvalue weighted by Crippen LogP contribution is -2.25. The molecule has 13 heavy (non-hydrogen) atoms. The fraction of sp³-hybridized carbons (Fsp3) is 0.875. The number of carbonyl (C=O) groups excluding carboxylic acids is 1. The molecule has 2 N–H and O–H groups in total. The number of hydrogen-bond donors (Lipinski definition) is 2. The number of aliphatic hydroxyl groups is 1. The summed E-state index contributed by atoms with van der Waals surface area (Å²) < 4.78 is 0. The van der Waals surface area contributed by atoms with E-state index in [1.165, 1.54) is 0 Å². The van der Waals surface area contributed by atoms with E-state index in [-0.39, 0.29) is 12.5 Å². The molecule has 0 radical (unpaired) electrons. The molecular formula is C8H16BrNO2S. The molecule has 0 saturated heterocycles. The summed E-state index contributed by atoms with van der Waals surface area (Å²) in [7, 11) is 0. The van der Waals surface area contributed by atoms with Gasteiger partial charge in [0.1, 0.15) is 0 Å². The molecule has 0 aromatic heterocycles. The van der Waals surface area contributed by atoms with Crippen molar-refractivity contribution in [3.8, 4) is 0 Å². The molecular weight excluding hydrogens is 254 g/mol. The van der Waals surface area contributed by atoms with E-state index in [9.17, 15) is 4.79 Å². The third kappa shape index (κ3) is 10.2. The molecule has 0 unspecified atom stereocenters. The number of rotatable bonds is 8. The van der Waals surface area contributed by atoms with E-state index in [1.807, 2.05) is 0 Å². The average molecular weight is 270 g/mol. The van der Waals surface area contributed by atoms with Gasteiger partial charge >= 0.3 is 0 Å². The average Bonchev–Trinajstić information content (AvgIpc) is 2.11. The van der Waals surface area contributed by atoms with Crippen LogP contribution in [0.4, 0.5) is 0 Å². The normalized spacial score (nSPS) is 10.0. The molecule has 0 fully saturated rings. The number of thioether (sulfide) groups is 1. The van der Waals surface area contributed by atoms with Gasteiger partial charge in [0.2, 0.25) is 5.91 Å². The molecule has 0 bridgehead atoms. The van der Waals surface area contributed by atoms with Crippen molar-refractivity contribution in [1.29, 1.82) is 0 Å². The summed E-state index contributed by atoms with van der Waals surface area (Å²) in [6, 6.07) is 0. The maximum atomic E-state index is 10.9. The molecule has 1 amide bonds. The summed E-state index contributed by atoms with van der Waals surface area (Å²) in [5.74, 6) is 1.98. The van der Waals surface area contributed by atoms with Gasteiger partial charge in [0, 0.05) is 30.7 Å². The highest BCUT2D eigenvalue weighted by atomic mass is 79.9. The highest BCUT2D eigenvalue weighted by Gasteiger charge is 1.97. The quantitative estimate of drug-likeness (QED) is 0.511. The van der Waals surface area contributed by atoms with Crippen molar-refractivity contribution in [2.24, 2.45) is 0 Å². The smallest absolute Gasteiger partial charge is 0.220 e. The van der Waals surface area contributed by atoms with Crippen molar-refractivity contribution in [1.82, 2.24) is 5.32 Å². The minimum absolute atomic E-state index is 0.0969. The van der Waals surface area contributed by atoms with Crippen LogP contribution in [0.15, 0.2) is 0 Å². The molecule has 0 aliphatic heterocycles. The molecule has 0 rings (SSSR count). The Labute approximate surface area is 91.8 Å². The SMILES string of the molecule is O=C(CCBr)NCCSCCCO. The lowest BCUT2D eigenvalue weighted by atomic mass is 10.4. The fourth-order valence-corrected chi connectivity index (χ4v) is 1.85. The van der Waals surface area contributed by atoms with E-state index < -0.39 is 0 Å². The summed E-state index contributed by atoms with van der Waals surface area (Å²) >= 11 is 4.95. The Morgan fingerprint density at radius 2 is 2.23 bits per heavy atom. The largest absolute Gasteiger partial charge is 0.396 e. The Hall–Kier alpha value is 0.260. The lowest BCUT2D eigenvalue weighted by Gasteiger charge is -2.03. The van der Waals surface area contributed by atoms with Crippen LogP contribution in [-0.4, -0.2) is 41.0 Å². The second kappa shape index (κ2) is 10.3. The van der Waals surface area contributed by atoms with Crippen LogP contribution in [0.1, 0.15) is 12.8 Å². The molecule has 0 spiro atoms. The van der Waals surface area contributed by atoms with Crippen LogP contribution in [0.3, 0.4) is 0 Å². The number of hydrogen-bond acceptors (Lipinski definition) is 3. The molecule has 0 atom stereocenters. The molecule has 5 heteroatoms. The first kappa shape index (κ1) is 13.3. The van der Waals surface area contributed by atoms with Crippen LogP contribution in [0.2, 0.25) is 0 Å². The maximum Gasteiger partial charge on any atom is 0.220 e. The van der Waals surface area contributed by atoms with Crippen molar-refractivity contribution >= 4 is 33.6 Å². The summed E-state index contributed by atoms with van der Waals surface area (Å²) in [6.45, 7) is 0.977. The first-order valence-corrected chi connectivity index (χ1v) is 6.60. The van der Waals surface area contributed by atoms with Gasteiger partial charge in [0.15, 0.2) is 0 Å². The first-order valence-electron chi connectivity index (χ1n) is 4.32. The lowest BCUT2D eigenvalue weighted by molar-refractivity contribution is -0.120. The molecule has 0 aliphatic rings. The van der Waals surface area contributed by atoms with Gasteiger partial charge in [-0.1, -0.05) is 15.9 Å². The van der Waals surface area contributed by atoms with Gasteiger partial charge in [-0.25, -0.2) is 0 Å². The van der Waals surface area contributed by atoms with E-state index in [4.69, 9.17) is 5.11 Å². The molecule has 0 aliphatic carbocycles. The van der Waals surface area contributed by atoms with Crippen LogP contribution in [-0.2, 0) is 4.79 Å². The van der Waals surface area contributed by atoms with Crippen LogP contribution >= 0.6 is 27.7 Å². The van der Waals surface area contributed by atoms with Gasteiger partial charge < -0.3 is 10.4 Å². The van der Waals surface area contributed by atoms with Crippen LogP contribution < -0.4 is 5.32 Å². The summed E-state index contributed by atoms with van der Waals surface area (Å²) in [5, 5.41) is 12.0. The van der Waals surface area contributed by atoms with Gasteiger partial charge in [-0.15, -0.1) is 0 Å². The van der Waals surface area contributed by atoms with E-state index in [0.29, 0.717) is 6.42 Å². The van der Waals surface area contributed by atoms with Crippen molar-refractivity contribution < 1.29 is 9.90 Å². The number of halogens is 1. The van der Waals surface area contributed by atoms with Gasteiger partial charge in [0.25, 0.3) is 0 Å².